The van der Waals surface area contributed by atoms with E-state index in [2.05, 4.69) is 15.5 Å². The molecule has 0 radical (unpaired) electrons. The Morgan fingerprint density at radius 2 is 1.74 bits per heavy atom. The average molecular weight is 554 g/mol. The molecular weight excluding hydrogens is 519 g/mol. The lowest BCUT2D eigenvalue weighted by atomic mass is 9.81. The van der Waals surface area contributed by atoms with Crippen molar-refractivity contribution in [3.63, 3.8) is 0 Å². The van der Waals surface area contributed by atoms with Crippen molar-refractivity contribution in [1.29, 1.82) is 0 Å². The van der Waals surface area contributed by atoms with Crippen LogP contribution < -0.4 is 10.6 Å². The molecule has 2 aromatic rings. The summed E-state index contributed by atoms with van der Waals surface area (Å²) in [7, 11) is -1.57. The monoisotopic (exact) mass is 553 g/mol. The van der Waals surface area contributed by atoms with E-state index in [0.29, 0.717) is 19.3 Å². The molecule has 1 fully saturated rings. The molecule has 38 heavy (non-hydrogen) atoms. The van der Waals surface area contributed by atoms with Gasteiger partial charge in [-0.3, -0.25) is 9.59 Å². The summed E-state index contributed by atoms with van der Waals surface area (Å²) in [6.45, 7) is 3.68. The SMILES string of the molecule is CC(C)N(C)[C@@H]1CC[C@H](NC(=O)CNC(=O)c2cccc(C(F)(F)F)c2)C[C@@H]1CS(=O)(=O)c1ccccc1. The molecule has 0 bridgehead atoms. The Kier molecular flexibility index (Phi) is 9.59. The summed E-state index contributed by atoms with van der Waals surface area (Å²) in [5.74, 6) is -1.57. The molecule has 1 aliphatic rings. The number of rotatable bonds is 9. The van der Waals surface area contributed by atoms with Gasteiger partial charge < -0.3 is 15.5 Å². The van der Waals surface area contributed by atoms with Gasteiger partial charge in [0.2, 0.25) is 5.91 Å². The van der Waals surface area contributed by atoms with E-state index in [-0.39, 0.29) is 40.3 Å². The number of carbonyl (C=O) groups excluding carboxylic acids is 2. The molecule has 7 nitrogen and oxygen atoms in total. The molecule has 0 heterocycles. The van der Waals surface area contributed by atoms with Crippen molar-refractivity contribution in [2.75, 3.05) is 19.3 Å². The van der Waals surface area contributed by atoms with Crippen LogP contribution in [0.2, 0.25) is 0 Å². The summed E-state index contributed by atoms with van der Waals surface area (Å²) in [6.07, 6.45) is -2.82. The summed E-state index contributed by atoms with van der Waals surface area (Å²) in [6, 6.07) is 12.2. The maximum absolute atomic E-state index is 13.1. The van der Waals surface area contributed by atoms with Gasteiger partial charge in [-0.15, -0.1) is 0 Å². The van der Waals surface area contributed by atoms with Crippen LogP contribution in [0, 0.1) is 5.92 Å². The number of hydrogen-bond acceptors (Lipinski definition) is 5. The Bertz CT molecular complexity index is 1220. The highest BCUT2D eigenvalue weighted by atomic mass is 32.2. The third-order valence-electron chi connectivity index (χ3n) is 7.04. The minimum Gasteiger partial charge on any atom is -0.352 e. The highest BCUT2D eigenvalue weighted by Gasteiger charge is 2.37. The summed E-state index contributed by atoms with van der Waals surface area (Å²) in [5.41, 5.74) is -1.15. The number of amides is 2. The van der Waals surface area contributed by atoms with E-state index in [9.17, 15) is 31.2 Å². The van der Waals surface area contributed by atoms with Gasteiger partial charge in [0.25, 0.3) is 5.91 Å². The number of hydrogen-bond donors (Lipinski definition) is 2. The molecule has 11 heteroatoms. The van der Waals surface area contributed by atoms with Crippen LogP contribution in [0.1, 0.15) is 49.0 Å². The van der Waals surface area contributed by atoms with Gasteiger partial charge in [0.05, 0.1) is 22.8 Å². The lowest BCUT2D eigenvalue weighted by Gasteiger charge is -2.42. The predicted octanol–water partition coefficient (Wildman–Crippen LogP) is 3.90. The molecule has 0 aliphatic heterocycles. The number of halogens is 3. The predicted molar refractivity (Wildman–Crippen MR) is 138 cm³/mol. The van der Waals surface area contributed by atoms with Crippen molar-refractivity contribution in [3.05, 3.63) is 65.7 Å². The quantitative estimate of drug-likeness (QED) is 0.491. The first kappa shape index (κ1) is 29.6. The van der Waals surface area contributed by atoms with Crippen LogP contribution >= 0.6 is 0 Å². The summed E-state index contributed by atoms with van der Waals surface area (Å²) >= 11 is 0. The second-order valence-corrected chi connectivity index (χ2v) is 12.1. The topological polar surface area (TPSA) is 95.6 Å². The molecule has 0 aromatic heterocycles. The Labute approximate surface area is 221 Å². The van der Waals surface area contributed by atoms with Gasteiger partial charge in [0.15, 0.2) is 9.84 Å². The van der Waals surface area contributed by atoms with E-state index in [1.54, 1.807) is 30.3 Å². The zero-order chi connectivity index (χ0) is 28.1. The molecule has 0 saturated heterocycles. The Hall–Kier alpha value is -2.92. The zero-order valence-electron chi connectivity index (χ0n) is 21.7. The van der Waals surface area contributed by atoms with E-state index in [0.717, 1.165) is 18.2 Å². The van der Waals surface area contributed by atoms with Crippen LogP contribution in [0.15, 0.2) is 59.5 Å². The fourth-order valence-corrected chi connectivity index (χ4v) is 6.55. The van der Waals surface area contributed by atoms with Crippen molar-refractivity contribution in [3.8, 4) is 0 Å². The Balaban J connectivity index is 1.63. The normalized spacial score (nSPS) is 20.4. The van der Waals surface area contributed by atoms with Gasteiger partial charge in [0, 0.05) is 23.7 Å². The molecule has 1 saturated carbocycles. The Morgan fingerprint density at radius 3 is 2.37 bits per heavy atom. The van der Waals surface area contributed by atoms with Gasteiger partial charge in [-0.2, -0.15) is 13.2 Å². The number of nitrogens with one attached hydrogen (secondary N) is 2. The van der Waals surface area contributed by atoms with E-state index in [1.165, 1.54) is 6.07 Å². The third-order valence-corrected chi connectivity index (χ3v) is 8.90. The maximum Gasteiger partial charge on any atom is 0.416 e. The second kappa shape index (κ2) is 12.3. The molecule has 2 aromatic carbocycles. The fourth-order valence-electron chi connectivity index (χ4n) is 4.86. The van der Waals surface area contributed by atoms with E-state index in [4.69, 9.17) is 0 Å². The summed E-state index contributed by atoms with van der Waals surface area (Å²) < 4.78 is 65.0. The number of carbonyl (C=O) groups is 2. The second-order valence-electron chi connectivity index (χ2n) is 10.0. The standard InChI is InChI=1S/C27H34F3N3O4S/c1-18(2)33(3)24-13-12-22(15-20(24)17-38(36,37)23-10-5-4-6-11-23)32-25(34)16-31-26(35)19-8-7-9-21(14-19)27(28,29)30/h4-11,14,18,20,22,24H,12-13,15-17H2,1-3H3,(H,31,35)(H,32,34)/t20-,22+,24-/m1/s1. The van der Waals surface area contributed by atoms with Gasteiger partial charge >= 0.3 is 6.18 Å². The largest absolute Gasteiger partial charge is 0.416 e. The van der Waals surface area contributed by atoms with Crippen LogP contribution in [0.4, 0.5) is 13.2 Å². The summed E-state index contributed by atoms with van der Waals surface area (Å²) in [5, 5.41) is 5.22. The Morgan fingerprint density at radius 1 is 1.05 bits per heavy atom. The number of nitrogens with zero attached hydrogens (tertiary/aromatic N) is 1. The van der Waals surface area contributed by atoms with Gasteiger partial charge in [-0.25, -0.2) is 8.42 Å². The van der Waals surface area contributed by atoms with Gasteiger partial charge in [-0.05, 0) is 76.4 Å². The van der Waals surface area contributed by atoms with Crippen LogP contribution in [0.3, 0.4) is 0 Å². The van der Waals surface area contributed by atoms with Crippen molar-refractivity contribution in [1.82, 2.24) is 15.5 Å². The fraction of sp³-hybridized carbons (Fsp3) is 0.481. The molecule has 3 atom stereocenters. The molecule has 208 valence electrons. The lowest BCUT2D eigenvalue weighted by Crippen LogP contribution is -2.52. The maximum atomic E-state index is 13.1. The van der Waals surface area contributed by atoms with E-state index in [1.807, 2.05) is 20.9 Å². The molecule has 3 rings (SSSR count). The molecule has 0 unspecified atom stereocenters. The minimum absolute atomic E-state index is 0.0160. The summed E-state index contributed by atoms with van der Waals surface area (Å²) in [4.78, 5) is 27.3. The first-order valence-corrected chi connectivity index (χ1v) is 14.2. The average Bonchev–Trinajstić information content (AvgIpc) is 2.87. The molecule has 2 amide bonds. The van der Waals surface area contributed by atoms with Crippen molar-refractivity contribution >= 4 is 21.7 Å². The van der Waals surface area contributed by atoms with Gasteiger partial charge in [0.1, 0.15) is 0 Å². The first-order chi connectivity index (χ1) is 17.8. The van der Waals surface area contributed by atoms with E-state index < -0.39 is 39.9 Å². The van der Waals surface area contributed by atoms with Crippen LogP contribution in [-0.2, 0) is 20.8 Å². The van der Waals surface area contributed by atoms with Crippen molar-refractivity contribution in [2.24, 2.45) is 5.92 Å². The molecule has 0 spiro atoms. The van der Waals surface area contributed by atoms with E-state index >= 15 is 0 Å². The smallest absolute Gasteiger partial charge is 0.352 e. The minimum atomic E-state index is -4.58. The third kappa shape index (κ3) is 7.80. The molecular formula is C27H34F3N3O4S. The molecule has 1 aliphatic carbocycles. The van der Waals surface area contributed by atoms with Crippen LogP contribution in [-0.4, -0.2) is 62.6 Å². The highest BCUT2D eigenvalue weighted by Crippen LogP contribution is 2.32. The van der Waals surface area contributed by atoms with Crippen molar-refractivity contribution in [2.45, 2.75) is 62.3 Å². The zero-order valence-corrected chi connectivity index (χ0v) is 22.5. The number of alkyl halides is 3. The van der Waals surface area contributed by atoms with Gasteiger partial charge in [-0.1, -0.05) is 24.3 Å². The number of benzene rings is 2. The molecule has 2 N–H and O–H groups in total. The van der Waals surface area contributed by atoms with Crippen molar-refractivity contribution < 1.29 is 31.2 Å². The van der Waals surface area contributed by atoms with Crippen LogP contribution in [0.5, 0.6) is 0 Å². The number of sulfone groups is 1. The van der Waals surface area contributed by atoms with Crippen LogP contribution in [0.25, 0.3) is 0 Å². The highest BCUT2D eigenvalue weighted by molar-refractivity contribution is 7.91. The first-order valence-electron chi connectivity index (χ1n) is 12.5. The lowest BCUT2D eigenvalue weighted by molar-refractivity contribution is -0.137.